The summed E-state index contributed by atoms with van der Waals surface area (Å²) >= 11 is 3.45. The fourth-order valence-corrected chi connectivity index (χ4v) is 2.14. The number of ether oxygens (including phenoxy) is 1. The van der Waals surface area contributed by atoms with Crippen molar-refractivity contribution >= 4 is 15.9 Å². The molecule has 1 atom stereocenters. The zero-order valence-electron chi connectivity index (χ0n) is 9.56. The molecule has 0 saturated carbocycles. The third-order valence-corrected chi connectivity index (χ3v) is 3.15. The highest BCUT2D eigenvalue weighted by Crippen LogP contribution is 2.24. The van der Waals surface area contributed by atoms with Gasteiger partial charge in [-0.2, -0.15) is 0 Å². The molecule has 88 valence electrons. The molecular weight excluding hydrogens is 278 g/mol. The Morgan fingerprint density at radius 1 is 1.06 bits per heavy atom. The second kappa shape index (κ2) is 5.34. The number of nitrogens with two attached hydrogens (primary N) is 1. The summed E-state index contributed by atoms with van der Waals surface area (Å²) in [5, 5.41) is 0. The molecule has 2 N–H and O–H groups in total. The van der Waals surface area contributed by atoms with Crippen molar-refractivity contribution in [1.29, 1.82) is 0 Å². The van der Waals surface area contributed by atoms with E-state index in [0.29, 0.717) is 0 Å². The van der Waals surface area contributed by atoms with E-state index in [4.69, 9.17) is 10.5 Å². The minimum atomic E-state index is -0.136. The number of rotatable bonds is 3. The Balaban J connectivity index is 2.33. The molecule has 3 heteroatoms. The Hall–Kier alpha value is -1.32. The van der Waals surface area contributed by atoms with Gasteiger partial charge >= 0.3 is 0 Å². The second-order valence-electron chi connectivity index (χ2n) is 3.81. The normalized spacial score (nSPS) is 12.2. The van der Waals surface area contributed by atoms with Crippen LogP contribution in [0, 0.1) is 0 Å². The summed E-state index contributed by atoms with van der Waals surface area (Å²) in [6.45, 7) is 0. The lowest BCUT2D eigenvalue weighted by atomic mass is 10.00. The first kappa shape index (κ1) is 12.1. The summed E-state index contributed by atoms with van der Waals surface area (Å²) in [6.07, 6.45) is 0. The molecule has 0 heterocycles. The van der Waals surface area contributed by atoms with Crippen molar-refractivity contribution in [1.82, 2.24) is 0 Å². The molecule has 0 bridgehead atoms. The van der Waals surface area contributed by atoms with E-state index in [9.17, 15) is 0 Å². The average Bonchev–Trinajstić information content (AvgIpc) is 2.38. The highest BCUT2D eigenvalue weighted by atomic mass is 79.9. The number of hydrogen-bond donors (Lipinski definition) is 1. The minimum Gasteiger partial charge on any atom is -0.497 e. The highest BCUT2D eigenvalue weighted by molar-refractivity contribution is 9.10. The predicted octanol–water partition coefficient (Wildman–Crippen LogP) is 3.51. The van der Waals surface area contributed by atoms with E-state index in [2.05, 4.69) is 15.9 Å². The van der Waals surface area contributed by atoms with Crippen LogP contribution in [-0.4, -0.2) is 7.11 Å². The topological polar surface area (TPSA) is 35.2 Å². The van der Waals surface area contributed by atoms with Crippen molar-refractivity contribution in [2.45, 2.75) is 6.04 Å². The fraction of sp³-hybridized carbons (Fsp3) is 0.143. The highest BCUT2D eigenvalue weighted by Gasteiger charge is 2.09. The van der Waals surface area contributed by atoms with Gasteiger partial charge in [0.25, 0.3) is 0 Å². The smallest absolute Gasteiger partial charge is 0.119 e. The molecule has 0 fully saturated rings. The molecule has 0 aromatic heterocycles. The molecule has 17 heavy (non-hydrogen) atoms. The number of benzene rings is 2. The van der Waals surface area contributed by atoms with Crippen LogP contribution in [0.2, 0.25) is 0 Å². The summed E-state index contributed by atoms with van der Waals surface area (Å²) in [4.78, 5) is 0. The quantitative estimate of drug-likeness (QED) is 0.939. The largest absolute Gasteiger partial charge is 0.497 e. The van der Waals surface area contributed by atoms with E-state index in [1.165, 1.54) is 0 Å². The van der Waals surface area contributed by atoms with Gasteiger partial charge in [-0.15, -0.1) is 0 Å². The van der Waals surface area contributed by atoms with Crippen molar-refractivity contribution in [3.8, 4) is 5.75 Å². The average molecular weight is 292 g/mol. The lowest BCUT2D eigenvalue weighted by Gasteiger charge is -2.13. The van der Waals surface area contributed by atoms with E-state index in [-0.39, 0.29) is 6.04 Å². The van der Waals surface area contributed by atoms with Crippen molar-refractivity contribution < 1.29 is 4.74 Å². The van der Waals surface area contributed by atoms with Gasteiger partial charge in [0.2, 0.25) is 0 Å². The maximum absolute atomic E-state index is 6.23. The molecular formula is C14H14BrNO. The zero-order valence-corrected chi connectivity index (χ0v) is 11.1. The molecule has 2 aromatic carbocycles. The third kappa shape index (κ3) is 2.87. The van der Waals surface area contributed by atoms with Crippen LogP contribution in [0.1, 0.15) is 17.2 Å². The van der Waals surface area contributed by atoms with Gasteiger partial charge in [0.1, 0.15) is 5.75 Å². The Bertz CT molecular complexity index is 513. The van der Waals surface area contributed by atoms with Crippen LogP contribution in [0.5, 0.6) is 5.75 Å². The van der Waals surface area contributed by atoms with Gasteiger partial charge in [0.05, 0.1) is 13.2 Å². The molecule has 0 saturated heterocycles. The van der Waals surface area contributed by atoms with Crippen molar-refractivity contribution in [3.05, 3.63) is 64.1 Å². The summed E-state index contributed by atoms with van der Waals surface area (Å²) in [7, 11) is 1.66. The van der Waals surface area contributed by atoms with Gasteiger partial charge in [-0.1, -0.05) is 40.2 Å². The molecule has 2 aromatic rings. The van der Waals surface area contributed by atoms with Crippen molar-refractivity contribution in [2.24, 2.45) is 5.73 Å². The Morgan fingerprint density at radius 2 is 1.71 bits per heavy atom. The number of halogens is 1. The van der Waals surface area contributed by atoms with E-state index in [1.807, 2.05) is 48.5 Å². The monoisotopic (exact) mass is 291 g/mol. The van der Waals surface area contributed by atoms with Crippen LogP contribution in [0.25, 0.3) is 0 Å². The molecule has 2 rings (SSSR count). The third-order valence-electron chi connectivity index (χ3n) is 2.66. The van der Waals surface area contributed by atoms with E-state index in [1.54, 1.807) is 7.11 Å². The molecule has 0 aliphatic heterocycles. The molecule has 0 aliphatic rings. The lowest BCUT2D eigenvalue weighted by molar-refractivity contribution is 0.414. The van der Waals surface area contributed by atoms with Crippen molar-refractivity contribution in [3.63, 3.8) is 0 Å². The van der Waals surface area contributed by atoms with Crippen LogP contribution >= 0.6 is 15.9 Å². The van der Waals surface area contributed by atoms with Crippen LogP contribution < -0.4 is 10.5 Å². The molecule has 1 unspecified atom stereocenters. The summed E-state index contributed by atoms with van der Waals surface area (Å²) in [6, 6.07) is 15.7. The Morgan fingerprint density at radius 3 is 2.35 bits per heavy atom. The maximum Gasteiger partial charge on any atom is 0.119 e. The minimum absolute atomic E-state index is 0.136. The van der Waals surface area contributed by atoms with Crippen LogP contribution in [0.3, 0.4) is 0 Å². The Labute approximate surface area is 110 Å². The van der Waals surface area contributed by atoms with Crippen LogP contribution in [0.15, 0.2) is 53.0 Å². The molecule has 2 nitrogen and oxygen atoms in total. The van der Waals surface area contributed by atoms with Crippen molar-refractivity contribution in [2.75, 3.05) is 7.11 Å². The standard InChI is InChI=1S/C14H14BrNO/c1-17-13-7-3-5-11(9-13)14(16)10-4-2-6-12(15)8-10/h2-9,14H,16H2,1H3. The van der Waals surface area contributed by atoms with Crippen LogP contribution in [0.4, 0.5) is 0 Å². The van der Waals surface area contributed by atoms with E-state index < -0.39 is 0 Å². The molecule has 0 amide bonds. The zero-order chi connectivity index (χ0) is 12.3. The first-order valence-electron chi connectivity index (χ1n) is 5.35. The Kier molecular flexibility index (Phi) is 3.82. The van der Waals surface area contributed by atoms with Gasteiger partial charge in [0.15, 0.2) is 0 Å². The molecule has 0 radical (unpaired) electrons. The number of methoxy groups -OCH3 is 1. The molecule has 0 spiro atoms. The predicted molar refractivity (Wildman–Crippen MR) is 73.2 cm³/mol. The van der Waals surface area contributed by atoms with Gasteiger partial charge in [-0.25, -0.2) is 0 Å². The fourth-order valence-electron chi connectivity index (χ4n) is 1.73. The van der Waals surface area contributed by atoms with E-state index >= 15 is 0 Å². The van der Waals surface area contributed by atoms with Gasteiger partial charge in [-0.05, 0) is 35.4 Å². The molecule has 0 aliphatic carbocycles. The summed E-state index contributed by atoms with van der Waals surface area (Å²) < 4.78 is 6.24. The van der Waals surface area contributed by atoms with Gasteiger partial charge < -0.3 is 10.5 Å². The first-order valence-corrected chi connectivity index (χ1v) is 6.15. The summed E-state index contributed by atoms with van der Waals surface area (Å²) in [5.41, 5.74) is 8.35. The lowest BCUT2D eigenvalue weighted by Crippen LogP contribution is -2.11. The van der Waals surface area contributed by atoms with E-state index in [0.717, 1.165) is 21.3 Å². The van der Waals surface area contributed by atoms with Crippen LogP contribution in [-0.2, 0) is 0 Å². The maximum atomic E-state index is 6.23. The number of hydrogen-bond acceptors (Lipinski definition) is 2. The summed E-state index contributed by atoms with van der Waals surface area (Å²) in [5.74, 6) is 0.827. The second-order valence-corrected chi connectivity index (χ2v) is 4.72. The SMILES string of the molecule is COc1cccc(C(N)c2cccc(Br)c2)c1. The first-order chi connectivity index (χ1) is 8.20. The van der Waals surface area contributed by atoms with Gasteiger partial charge in [-0.3, -0.25) is 0 Å². The van der Waals surface area contributed by atoms with Gasteiger partial charge in [0, 0.05) is 4.47 Å².